The van der Waals surface area contributed by atoms with Gasteiger partial charge in [-0.05, 0) is 19.9 Å². The van der Waals surface area contributed by atoms with E-state index in [0.717, 1.165) is 24.5 Å². The third kappa shape index (κ3) is 2.38. The summed E-state index contributed by atoms with van der Waals surface area (Å²) in [6.45, 7) is 7.67. The van der Waals surface area contributed by atoms with Crippen LogP contribution in [0.25, 0.3) is 0 Å². The van der Waals surface area contributed by atoms with E-state index in [2.05, 4.69) is 16.8 Å². The molecule has 0 saturated heterocycles. The number of hydrogen-bond donors (Lipinski definition) is 1. The van der Waals surface area contributed by atoms with Crippen molar-refractivity contribution in [3.63, 3.8) is 0 Å². The van der Waals surface area contributed by atoms with Crippen LogP contribution in [0.2, 0.25) is 0 Å². The van der Waals surface area contributed by atoms with Gasteiger partial charge in [-0.3, -0.25) is 4.90 Å². The van der Waals surface area contributed by atoms with E-state index < -0.39 is 0 Å². The third-order valence-electron chi connectivity index (χ3n) is 2.76. The molecule has 0 saturated carbocycles. The summed E-state index contributed by atoms with van der Waals surface area (Å²) in [6, 6.07) is 0.0835. The lowest BCUT2D eigenvalue weighted by Crippen LogP contribution is -2.30. The summed E-state index contributed by atoms with van der Waals surface area (Å²) in [5.74, 6) is 0. The first-order valence-corrected chi connectivity index (χ1v) is 6.48. The second kappa shape index (κ2) is 4.60. The van der Waals surface area contributed by atoms with Gasteiger partial charge in [-0.1, -0.05) is 6.92 Å². The molecule has 1 aromatic heterocycles. The highest BCUT2D eigenvalue weighted by molar-refractivity contribution is 7.11. The fourth-order valence-electron chi connectivity index (χ4n) is 1.97. The lowest BCUT2D eigenvalue weighted by molar-refractivity contribution is 0.256. The maximum absolute atomic E-state index is 5.85. The molecule has 2 rings (SSSR count). The molecule has 1 unspecified atom stereocenters. The Morgan fingerprint density at radius 2 is 2.40 bits per heavy atom. The molecule has 84 valence electrons. The van der Waals surface area contributed by atoms with Gasteiger partial charge in [0.1, 0.15) is 5.01 Å². The number of hydrogen-bond acceptors (Lipinski definition) is 4. The summed E-state index contributed by atoms with van der Waals surface area (Å²) in [5.41, 5.74) is 7.14. The molecule has 0 bridgehead atoms. The molecule has 15 heavy (non-hydrogen) atoms. The maximum Gasteiger partial charge on any atom is 0.110 e. The molecule has 0 aromatic carbocycles. The van der Waals surface area contributed by atoms with Crippen LogP contribution in [-0.4, -0.2) is 23.0 Å². The van der Waals surface area contributed by atoms with Crippen molar-refractivity contribution < 1.29 is 0 Å². The van der Waals surface area contributed by atoms with Crippen LogP contribution < -0.4 is 5.73 Å². The Kier molecular flexibility index (Phi) is 3.38. The fraction of sp³-hybridized carbons (Fsp3) is 0.727. The van der Waals surface area contributed by atoms with E-state index in [4.69, 9.17) is 5.73 Å². The normalized spacial score (nSPS) is 18.9. The van der Waals surface area contributed by atoms with Crippen molar-refractivity contribution in [3.8, 4) is 0 Å². The molecule has 0 radical (unpaired) electrons. The van der Waals surface area contributed by atoms with Crippen molar-refractivity contribution >= 4 is 11.3 Å². The summed E-state index contributed by atoms with van der Waals surface area (Å²) in [6.07, 6.45) is 2.33. The molecular weight excluding hydrogens is 206 g/mol. The van der Waals surface area contributed by atoms with Gasteiger partial charge in [-0.2, -0.15) is 0 Å². The predicted molar refractivity (Wildman–Crippen MR) is 64.0 cm³/mol. The zero-order chi connectivity index (χ0) is 10.8. The van der Waals surface area contributed by atoms with Crippen LogP contribution in [0.15, 0.2) is 0 Å². The van der Waals surface area contributed by atoms with E-state index in [1.54, 1.807) is 11.3 Å². The molecule has 0 amide bonds. The van der Waals surface area contributed by atoms with Crippen LogP contribution in [0.3, 0.4) is 0 Å². The molecule has 4 heteroatoms. The van der Waals surface area contributed by atoms with E-state index >= 15 is 0 Å². The van der Waals surface area contributed by atoms with Gasteiger partial charge in [0.05, 0.1) is 11.7 Å². The smallest absolute Gasteiger partial charge is 0.110 e. The van der Waals surface area contributed by atoms with Gasteiger partial charge in [0, 0.05) is 24.4 Å². The summed E-state index contributed by atoms with van der Waals surface area (Å²) in [7, 11) is 0. The summed E-state index contributed by atoms with van der Waals surface area (Å²) >= 11 is 1.80. The highest BCUT2D eigenvalue weighted by atomic mass is 32.1. The topological polar surface area (TPSA) is 42.2 Å². The Morgan fingerprint density at radius 3 is 3.07 bits per heavy atom. The molecule has 1 aromatic rings. The predicted octanol–water partition coefficient (Wildman–Crippen LogP) is 1.93. The van der Waals surface area contributed by atoms with Crippen molar-refractivity contribution in [1.82, 2.24) is 9.88 Å². The second-order valence-corrected chi connectivity index (χ2v) is 5.35. The zero-order valence-corrected chi connectivity index (χ0v) is 10.3. The van der Waals surface area contributed by atoms with Crippen LogP contribution in [-0.2, 0) is 13.0 Å². The van der Waals surface area contributed by atoms with Gasteiger partial charge >= 0.3 is 0 Å². The largest absolute Gasteiger partial charge is 0.322 e. The average Bonchev–Trinajstić information content (AvgIpc) is 2.61. The molecule has 0 aliphatic carbocycles. The summed E-state index contributed by atoms with van der Waals surface area (Å²) in [4.78, 5) is 8.55. The minimum atomic E-state index is 0.0835. The van der Waals surface area contributed by atoms with Crippen LogP contribution in [0, 0.1) is 0 Å². The average molecular weight is 225 g/mol. The standard InChI is InChI=1S/C11H19N3S/c1-3-5-14-6-4-9-10(7-14)15-11(13-9)8(2)12/h8H,3-7,12H2,1-2H3. The quantitative estimate of drug-likeness (QED) is 0.854. The van der Waals surface area contributed by atoms with Crippen molar-refractivity contribution in [2.24, 2.45) is 5.73 Å². The molecule has 2 heterocycles. The minimum Gasteiger partial charge on any atom is -0.322 e. The van der Waals surface area contributed by atoms with Crippen molar-refractivity contribution in [1.29, 1.82) is 0 Å². The van der Waals surface area contributed by atoms with Crippen molar-refractivity contribution in [2.75, 3.05) is 13.1 Å². The Balaban J connectivity index is 2.12. The zero-order valence-electron chi connectivity index (χ0n) is 9.49. The van der Waals surface area contributed by atoms with Gasteiger partial charge in [-0.15, -0.1) is 11.3 Å². The van der Waals surface area contributed by atoms with Crippen LogP contribution in [0.5, 0.6) is 0 Å². The van der Waals surface area contributed by atoms with Crippen LogP contribution in [0.4, 0.5) is 0 Å². The van der Waals surface area contributed by atoms with Crippen molar-refractivity contribution in [3.05, 3.63) is 15.6 Å². The number of thiazole rings is 1. The van der Waals surface area contributed by atoms with E-state index in [1.807, 2.05) is 6.92 Å². The Hall–Kier alpha value is -0.450. The van der Waals surface area contributed by atoms with E-state index in [1.165, 1.54) is 23.5 Å². The molecule has 1 aliphatic rings. The van der Waals surface area contributed by atoms with Gasteiger partial charge in [0.2, 0.25) is 0 Å². The fourth-order valence-corrected chi connectivity index (χ4v) is 3.08. The maximum atomic E-state index is 5.85. The molecular formula is C11H19N3S. The van der Waals surface area contributed by atoms with E-state index in [0.29, 0.717) is 0 Å². The molecule has 2 N–H and O–H groups in total. The monoisotopic (exact) mass is 225 g/mol. The third-order valence-corrected chi connectivity index (χ3v) is 4.04. The molecule has 3 nitrogen and oxygen atoms in total. The molecule has 0 spiro atoms. The first-order valence-electron chi connectivity index (χ1n) is 5.67. The Labute approximate surface area is 95.3 Å². The van der Waals surface area contributed by atoms with E-state index in [9.17, 15) is 0 Å². The first kappa shape index (κ1) is 11.0. The van der Waals surface area contributed by atoms with Crippen LogP contribution >= 0.6 is 11.3 Å². The van der Waals surface area contributed by atoms with Gasteiger partial charge in [0.25, 0.3) is 0 Å². The Morgan fingerprint density at radius 1 is 1.60 bits per heavy atom. The summed E-state index contributed by atoms with van der Waals surface area (Å²) < 4.78 is 0. The number of nitrogens with zero attached hydrogens (tertiary/aromatic N) is 2. The molecule has 0 fully saturated rings. The number of rotatable bonds is 3. The number of fused-ring (bicyclic) bond motifs is 1. The van der Waals surface area contributed by atoms with E-state index in [-0.39, 0.29) is 6.04 Å². The SMILES string of the molecule is CCCN1CCc2nc(C(C)N)sc2C1. The lowest BCUT2D eigenvalue weighted by atomic mass is 10.2. The molecule has 1 aliphatic heterocycles. The van der Waals surface area contributed by atoms with Crippen LogP contribution in [0.1, 0.15) is 41.9 Å². The van der Waals surface area contributed by atoms with Gasteiger partial charge in [0.15, 0.2) is 0 Å². The number of nitrogens with two attached hydrogens (primary N) is 1. The number of aromatic nitrogens is 1. The van der Waals surface area contributed by atoms with Gasteiger partial charge in [-0.25, -0.2) is 4.98 Å². The highest BCUT2D eigenvalue weighted by Crippen LogP contribution is 2.27. The summed E-state index contributed by atoms with van der Waals surface area (Å²) in [5, 5.41) is 1.10. The first-order chi connectivity index (χ1) is 7.20. The van der Waals surface area contributed by atoms with Crippen molar-refractivity contribution in [2.45, 2.75) is 39.3 Å². The second-order valence-electron chi connectivity index (χ2n) is 4.24. The highest BCUT2D eigenvalue weighted by Gasteiger charge is 2.20. The Bertz CT molecular complexity index is 333. The van der Waals surface area contributed by atoms with Gasteiger partial charge < -0.3 is 5.73 Å². The minimum absolute atomic E-state index is 0.0835. The lowest BCUT2D eigenvalue weighted by Gasteiger charge is -2.25. The molecule has 1 atom stereocenters.